The monoisotopic (exact) mass is 286 g/mol. The van der Waals surface area contributed by atoms with Gasteiger partial charge in [-0.1, -0.05) is 25.4 Å². The summed E-state index contributed by atoms with van der Waals surface area (Å²) in [6.07, 6.45) is 4.23. The largest absolute Gasteiger partial charge is 0.396 e. The fourth-order valence-corrected chi connectivity index (χ4v) is 2.40. The Kier molecular flexibility index (Phi) is 6.31. The lowest BCUT2D eigenvalue weighted by molar-refractivity contribution is 0.179. The highest BCUT2D eigenvalue weighted by Crippen LogP contribution is 2.32. The molecule has 0 aliphatic carbocycles. The number of hydrogen-bond acceptors (Lipinski definition) is 5. The molecule has 5 nitrogen and oxygen atoms in total. The zero-order valence-electron chi connectivity index (χ0n) is 11.8. The molecule has 1 heterocycles. The topological polar surface area (TPSA) is 70.1 Å². The van der Waals surface area contributed by atoms with Gasteiger partial charge in [-0.3, -0.25) is 0 Å². The molecule has 0 aliphatic rings. The van der Waals surface area contributed by atoms with Crippen molar-refractivity contribution in [3.05, 3.63) is 11.5 Å². The average molecular weight is 287 g/mol. The molecule has 108 valence electrons. The lowest BCUT2D eigenvalue weighted by Crippen LogP contribution is -2.30. The maximum Gasteiger partial charge on any atom is 0.157 e. The van der Waals surface area contributed by atoms with Crippen LogP contribution in [0.2, 0.25) is 5.15 Å². The third-order valence-electron chi connectivity index (χ3n) is 3.82. The zero-order chi connectivity index (χ0) is 14.3. The number of halogens is 1. The third kappa shape index (κ3) is 3.94. The van der Waals surface area contributed by atoms with Gasteiger partial charge in [-0.25, -0.2) is 9.97 Å². The van der Waals surface area contributed by atoms with Crippen molar-refractivity contribution in [1.29, 1.82) is 0 Å². The second kappa shape index (κ2) is 7.50. The highest BCUT2D eigenvalue weighted by Gasteiger charge is 2.26. The van der Waals surface area contributed by atoms with Gasteiger partial charge in [-0.15, -0.1) is 0 Å². The molecule has 0 aromatic carbocycles. The summed E-state index contributed by atoms with van der Waals surface area (Å²) < 4.78 is 0. The Labute approximate surface area is 119 Å². The molecule has 0 aliphatic heterocycles. The lowest BCUT2D eigenvalue weighted by Gasteiger charge is -2.31. The molecule has 0 fully saturated rings. The first kappa shape index (κ1) is 16.0. The van der Waals surface area contributed by atoms with E-state index in [-0.39, 0.29) is 12.0 Å². The molecule has 19 heavy (non-hydrogen) atoms. The van der Waals surface area contributed by atoms with Crippen LogP contribution in [-0.2, 0) is 0 Å². The number of nitrogens with zero attached hydrogens (tertiary/aromatic N) is 2. The van der Waals surface area contributed by atoms with E-state index in [1.54, 1.807) is 7.05 Å². The van der Waals surface area contributed by atoms with Gasteiger partial charge in [0.05, 0.1) is 0 Å². The standard InChI is InChI=1S/C13H23ClN4O/c1-4-13(5-2,6-7-19)8-16-12-10(15-3)11(14)17-9-18-12/h9,15,19H,4-8H2,1-3H3,(H,16,17,18). The van der Waals surface area contributed by atoms with Crippen LogP contribution < -0.4 is 10.6 Å². The van der Waals surface area contributed by atoms with E-state index in [0.29, 0.717) is 16.7 Å². The number of hydrogen-bond donors (Lipinski definition) is 3. The minimum Gasteiger partial charge on any atom is -0.396 e. The van der Waals surface area contributed by atoms with Crippen molar-refractivity contribution in [2.24, 2.45) is 5.41 Å². The Hall–Kier alpha value is -1.07. The molecule has 3 N–H and O–H groups in total. The van der Waals surface area contributed by atoms with Crippen molar-refractivity contribution in [3.63, 3.8) is 0 Å². The molecule has 0 spiro atoms. The van der Waals surface area contributed by atoms with Gasteiger partial charge in [0.1, 0.15) is 12.0 Å². The number of anilines is 2. The molecular formula is C13H23ClN4O. The molecule has 0 amide bonds. The van der Waals surface area contributed by atoms with Crippen molar-refractivity contribution in [2.45, 2.75) is 33.1 Å². The molecule has 0 unspecified atom stereocenters. The summed E-state index contributed by atoms with van der Waals surface area (Å²) in [5, 5.41) is 15.9. The number of rotatable bonds is 8. The average Bonchev–Trinajstić information content (AvgIpc) is 2.43. The molecule has 0 radical (unpaired) electrons. The van der Waals surface area contributed by atoms with Crippen LogP contribution in [0.3, 0.4) is 0 Å². The summed E-state index contributed by atoms with van der Waals surface area (Å²) >= 11 is 6.01. The summed E-state index contributed by atoms with van der Waals surface area (Å²) in [7, 11) is 1.79. The van der Waals surface area contributed by atoms with E-state index in [4.69, 9.17) is 11.6 Å². The number of nitrogens with one attached hydrogen (secondary N) is 2. The number of aliphatic hydroxyl groups excluding tert-OH is 1. The van der Waals surface area contributed by atoms with Crippen LogP contribution in [0.4, 0.5) is 11.5 Å². The van der Waals surface area contributed by atoms with E-state index >= 15 is 0 Å². The lowest BCUT2D eigenvalue weighted by atomic mass is 9.79. The van der Waals surface area contributed by atoms with Gasteiger partial charge < -0.3 is 15.7 Å². The minimum atomic E-state index is 0.0805. The van der Waals surface area contributed by atoms with Crippen LogP contribution >= 0.6 is 11.6 Å². The third-order valence-corrected chi connectivity index (χ3v) is 4.11. The van der Waals surface area contributed by atoms with Gasteiger partial charge in [-0.2, -0.15) is 0 Å². The Morgan fingerprint density at radius 1 is 1.32 bits per heavy atom. The van der Waals surface area contributed by atoms with Crippen LogP contribution in [0.15, 0.2) is 6.33 Å². The normalized spacial score (nSPS) is 11.4. The van der Waals surface area contributed by atoms with Crippen LogP contribution in [0.25, 0.3) is 0 Å². The van der Waals surface area contributed by atoms with E-state index in [1.807, 2.05) is 0 Å². The molecule has 0 atom stereocenters. The fraction of sp³-hybridized carbons (Fsp3) is 0.692. The van der Waals surface area contributed by atoms with Gasteiger partial charge in [0.25, 0.3) is 0 Å². The highest BCUT2D eigenvalue weighted by atomic mass is 35.5. The zero-order valence-corrected chi connectivity index (χ0v) is 12.6. The highest BCUT2D eigenvalue weighted by molar-refractivity contribution is 6.32. The molecule has 1 rings (SSSR count). The van der Waals surface area contributed by atoms with Crippen molar-refractivity contribution in [1.82, 2.24) is 9.97 Å². The first-order chi connectivity index (χ1) is 9.12. The first-order valence-electron chi connectivity index (χ1n) is 6.65. The maximum absolute atomic E-state index is 9.22. The van der Waals surface area contributed by atoms with Gasteiger partial charge in [0, 0.05) is 20.2 Å². The minimum absolute atomic E-state index is 0.0805. The van der Waals surface area contributed by atoms with E-state index in [0.717, 1.165) is 25.8 Å². The molecule has 0 saturated carbocycles. The summed E-state index contributed by atoms with van der Waals surface area (Å²) in [6, 6.07) is 0. The summed E-state index contributed by atoms with van der Waals surface area (Å²) in [5.74, 6) is 0.701. The van der Waals surface area contributed by atoms with Gasteiger partial charge in [0.2, 0.25) is 0 Å². The number of aliphatic hydroxyl groups is 1. The summed E-state index contributed by atoms with van der Waals surface area (Å²) in [4.78, 5) is 8.15. The molecule has 1 aromatic heterocycles. The summed E-state index contributed by atoms with van der Waals surface area (Å²) in [6.45, 7) is 5.24. The van der Waals surface area contributed by atoms with Crippen LogP contribution in [0.1, 0.15) is 33.1 Å². The van der Waals surface area contributed by atoms with E-state index in [2.05, 4.69) is 34.4 Å². The SMILES string of the molecule is CCC(CC)(CCO)CNc1ncnc(Cl)c1NC. The van der Waals surface area contributed by atoms with Crippen molar-refractivity contribution in [2.75, 3.05) is 30.8 Å². The van der Waals surface area contributed by atoms with Gasteiger partial charge >= 0.3 is 0 Å². The van der Waals surface area contributed by atoms with E-state index < -0.39 is 0 Å². The predicted molar refractivity (Wildman–Crippen MR) is 79.8 cm³/mol. The molecule has 0 saturated heterocycles. The van der Waals surface area contributed by atoms with Crippen LogP contribution in [0, 0.1) is 5.41 Å². The first-order valence-corrected chi connectivity index (χ1v) is 7.03. The molecule has 6 heteroatoms. The van der Waals surface area contributed by atoms with Crippen LogP contribution in [-0.4, -0.2) is 35.3 Å². The van der Waals surface area contributed by atoms with Crippen molar-refractivity contribution < 1.29 is 5.11 Å². The quantitative estimate of drug-likeness (QED) is 0.641. The predicted octanol–water partition coefficient (Wildman–Crippen LogP) is 2.77. The fourth-order valence-electron chi connectivity index (χ4n) is 2.17. The molecule has 1 aromatic rings. The second-order valence-electron chi connectivity index (χ2n) is 4.67. The van der Waals surface area contributed by atoms with Gasteiger partial charge in [-0.05, 0) is 24.7 Å². The Morgan fingerprint density at radius 2 is 2.00 bits per heavy atom. The Balaban J connectivity index is 2.82. The molecule has 0 bridgehead atoms. The van der Waals surface area contributed by atoms with E-state index in [1.165, 1.54) is 6.33 Å². The second-order valence-corrected chi connectivity index (χ2v) is 5.03. The Bertz CT molecular complexity index is 396. The maximum atomic E-state index is 9.22. The van der Waals surface area contributed by atoms with E-state index in [9.17, 15) is 5.11 Å². The Morgan fingerprint density at radius 3 is 2.53 bits per heavy atom. The molecular weight excluding hydrogens is 264 g/mol. The van der Waals surface area contributed by atoms with Crippen molar-refractivity contribution >= 4 is 23.1 Å². The van der Waals surface area contributed by atoms with Crippen LogP contribution in [0.5, 0.6) is 0 Å². The van der Waals surface area contributed by atoms with Crippen molar-refractivity contribution in [3.8, 4) is 0 Å². The number of aromatic nitrogens is 2. The smallest absolute Gasteiger partial charge is 0.157 e. The summed E-state index contributed by atoms with van der Waals surface area (Å²) in [5.41, 5.74) is 0.784. The van der Waals surface area contributed by atoms with Gasteiger partial charge in [0.15, 0.2) is 11.0 Å².